The second-order valence-corrected chi connectivity index (χ2v) is 9.67. The molecule has 0 unspecified atom stereocenters. The summed E-state index contributed by atoms with van der Waals surface area (Å²) < 4.78 is 18.1. The Bertz CT molecular complexity index is 1230. The third-order valence-corrected chi connectivity index (χ3v) is 5.65. The quantitative estimate of drug-likeness (QED) is 0.621. The topological polar surface area (TPSA) is 79.0 Å². The van der Waals surface area contributed by atoms with Gasteiger partial charge in [-0.1, -0.05) is 26.8 Å². The minimum Gasteiger partial charge on any atom is -0.493 e. The van der Waals surface area contributed by atoms with Gasteiger partial charge < -0.3 is 19.9 Å². The van der Waals surface area contributed by atoms with E-state index >= 15 is 0 Å². The molecule has 6 heteroatoms. The van der Waals surface area contributed by atoms with Crippen molar-refractivity contribution in [2.24, 2.45) is 16.1 Å². The first-order chi connectivity index (χ1) is 15.2. The number of nitrogens with two attached hydrogens (primary N) is 1. The molecule has 32 heavy (non-hydrogen) atoms. The summed E-state index contributed by atoms with van der Waals surface area (Å²) in [6.07, 6.45) is 3.71. The molecular weight excluding hydrogens is 402 g/mol. The lowest BCUT2D eigenvalue weighted by atomic mass is 9.80. The molecule has 0 saturated heterocycles. The largest absolute Gasteiger partial charge is 0.493 e. The first kappa shape index (κ1) is 20.4. The number of fused-ring (bicyclic) bond motifs is 4. The molecule has 0 saturated carbocycles. The molecule has 2 aromatic carbocycles. The van der Waals surface area contributed by atoms with Crippen LogP contribution >= 0.6 is 0 Å². The van der Waals surface area contributed by atoms with E-state index in [2.05, 4.69) is 37.9 Å². The zero-order chi connectivity index (χ0) is 22.5. The summed E-state index contributed by atoms with van der Waals surface area (Å²) in [6.45, 7) is 9.37. The molecule has 1 spiro atoms. The number of amidine groups is 1. The lowest BCUT2D eigenvalue weighted by Gasteiger charge is -2.34. The number of hydrogen-bond donors (Lipinski definition) is 1. The molecule has 164 valence electrons. The summed E-state index contributed by atoms with van der Waals surface area (Å²) in [5.74, 6) is 2.24. The van der Waals surface area contributed by atoms with Gasteiger partial charge in [0.15, 0.2) is 5.54 Å². The second-order valence-electron chi connectivity index (χ2n) is 9.67. The number of aryl methyl sites for hydroxylation is 1. The van der Waals surface area contributed by atoms with E-state index in [1.807, 2.05) is 49.6 Å². The Morgan fingerprint density at radius 3 is 2.44 bits per heavy atom. The maximum Gasteiger partial charge on any atom is 0.283 e. The Hall–Kier alpha value is -3.54. The summed E-state index contributed by atoms with van der Waals surface area (Å²) >= 11 is 0. The van der Waals surface area contributed by atoms with Crippen molar-refractivity contribution >= 4 is 6.02 Å². The van der Waals surface area contributed by atoms with Crippen LogP contribution in [0.2, 0.25) is 0 Å². The van der Waals surface area contributed by atoms with E-state index in [0.717, 1.165) is 45.1 Å². The average molecular weight is 430 g/mol. The lowest BCUT2D eigenvalue weighted by molar-refractivity contribution is 0.197. The van der Waals surface area contributed by atoms with Crippen molar-refractivity contribution in [1.82, 2.24) is 4.98 Å². The highest BCUT2D eigenvalue weighted by molar-refractivity contribution is 5.78. The van der Waals surface area contributed by atoms with Crippen molar-refractivity contribution < 1.29 is 14.2 Å². The van der Waals surface area contributed by atoms with Crippen molar-refractivity contribution in [1.29, 1.82) is 0 Å². The van der Waals surface area contributed by atoms with Crippen LogP contribution < -0.4 is 15.2 Å². The van der Waals surface area contributed by atoms with Crippen LogP contribution in [0.4, 0.5) is 0 Å². The van der Waals surface area contributed by atoms with E-state index < -0.39 is 5.54 Å². The lowest BCUT2D eigenvalue weighted by Crippen LogP contribution is -2.31. The van der Waals surface area contributed by atoms with E-state index in [-0.39, 0.29) is 11.4 Å². The standard InChI is InChI=1S/C26H27N3O3/c1-16-9-18(13-28-12-16)17-5-7-22-20(10-17)26(15-31-24(27)29-26)21-11-19(6-8-23(21)32-22)30-14-25(2,3)4/h5-13H,14-15H2,1-4H3,(H2,27,29)/t26-/m0/s1. The molecule has 6 nitrogen and oxygen atoms in total. The zero-order valence-corrected chi connectivity index (χ0v) is 18.8. The molecule has 0 bridgehead atoms. The fraction of sp³-hybridized carbons (Fsp3) is 0.308. The van der Waals surface area contributed by atoms with Gasteiger partial charge in [0.1, 0.15) is 23.9 Å². The minimum atomic E-state index is -0.790. The Morgan fingerprint density at radius 2 is 1.75 bits per heavy atom. The molecule has 1 atom stereocenters. The van der Waals surface area contributed by atoms with Gasteiger partial charge in [-0.25, -0.2) is 4.99 Å². The van der Waals surface area contributed by atoms with Crippen LogP contribution in [0.3, 0.4) is 0 Å². The normalized spacial score (nSPS) is 18.9. The number of aliphatic imine (C=N–C) groups is 1. The van der Waals surface area contributed by atoms with Gasteiger partial charge in [-0.2, -0.15) is 0 Å². The van der Waals surface area contributed by atoms with E-state index in [9.17, 15) is 0 Å². The van der Waals surface area contributed by atoms with Crippen LogP contribution in [0, 0.1) is 12.3 Å². The van der Waals surface area contributed by atoms with Gasteiger partial charge in [0.2, 0.25) is 0 Å². The van der Waals surface area contributed by atoms with E-state index in [0.29, 0.717) is 13.2 Å². The summed E-state index contributed by atoms with van der Waals surface area (Å²) in [6, 6.07) is 14.3. The molecule has 2 N–H and O–H groups in total. The van der Waals surface area contributed by atoms with Crippen molar-refractivity contribution in [3.05, 3.63) is 71.5 Å². The van der Waals surface area contributed by atoms with Crippen LogP contribution in [-0.4, -0.2) is 24.2 Å². The molecule has 3 aromatic rings. The molecular formula is C26H27N3O3. The number of benzene rings is 2. The van der Waals surface area contributed by atoms with Gasteiger partial charge in [0, 0.05) is 29.1 Å². The first-order valence-electron chi connectivity index (χ1n) is 10.7. The van der Waals surface area contributed by atoms with E-state index in [1.165, 1.54) is 0 Å². The van der Waals surface area contributed by atoms with Crippen LogP contribution in [0.5, 0.6) is 17.2 Å². The maximum atomic E-state index is 6.28. The van der Waals surface area contributed by atoms with E-state index in [1.54, 1.807) is 0 Å². The van der Waals surface area contributed by atoms with Crippen LogP contribution in [-0.2, 0) is 10.3 Å². The Morgan fingerprint density at radius 1 is 1.00 bits per heavy atom. The molecule has 5 rings (SSSR count). The predicted molar refractivity (Wildman–Crippen MR) is 124 cm³/mol. The van der Waals surface area contributed by atoms with Crippen molar-refractivity contribution in [3.63, 3.8) is 0 Å². The van der Waals surface area contributed by atoms with Crippen molar-refractivity contribution in [3.8, 4) is 28.4 Å². The number of hydrogen-bond acceptors (Lipinski definition) is 6. The smallest absolute Gasteiger partial charge is 0.283 e. The Balaban J connectivity index is 1.63. The molecule has 2 aliphatic heterocycles. The highest BCUT2D eigenvalue weighted by atomic mass is 16.5. The Kier molecular flexibility index (Phi) is 4.62. The molecule has 3 heterocycles. The first-order valence-corrected chi connectivity index (χ1v) is 10.7. The number of rotatable bonds is 3. The summed E-state index contributed by atoms with van der Waals surface area (Å²) in [5, 5.41) is 0. The van der Waals surface area contributed by atoms with Crippen LogP contribution in [0.25, 0.3) is 11.1 Å². The predicted octanol–water partition coefficient (Wildman–Crippen LogP) is 5.18. The maximum absolute atomic E-state index is 6.28. The third-order valence-electron chi connectivity index (χ3n) is 5.65. The summed E-state index contributed by atoms with van der Waals surface area (Å²) in [4.78, 5) is 9.13. The molecule has 0 fully saturated rings. The fourth-order valence-electron chi connectivity index (χ4n) is 4.12. The monoisotopic (exact) mass is 429 g/mol. The minimum absolute atomic E-state index is 0.0481. The zero-order valence-electron chi connectivity index (χ0n) is 18.8. The van der Waals surface area contributed by atoms with Crippen LogP contribution in [0.1, 0.15) is 37.5 Å². The third kappa shape index (κ3) is 3.55. The van der Waals surface area contributed by atoms with Gasteiger partial charge in [-0.3, -0.25) is 4.98 Å². The summed E-state index contributed by atoms with van der Waals surface area (Å²) in [5.41, 5.74) is 10.2. The molecule has 0 radical (unpaired) electrons. The molecule has 0 aliphatic carbocycles. The number of pyridine rings is 1. The fourth-order valence-corrected chi connectivity index (χ4v) is 4.12. The van der Waals surface area contributed by atoms with Gasteiger partial charge in [0.05, 0.1) is 6.61 Å². The highest BCUT2D eigenvalue weighted by Crippen LogP contribution is 2.52. The molecule has 1 aromatic heterocycles. The second kappa shape index (κ2) is 7.26. The van der Waals surface area contributed by atoms with Gasteiger partial charge in [-0.15, -0.1) is 0 Å². The van der Waals surface area contributed by atoms with Gasteiger partial charge in [-0.05, 0) is 59.9 Å². The van der Waals surface area contributed by atoms with Crippen molar-refractivity contribution in [2.75, 3.05) is 13.2 Å². The average Bonchev–Trinajstić information content (AvgIpc) is 3.14. The number of ether oxygens (including phenoxy) is 3. The number of nitrogens with zero attached hydrogens (tertiary/aromatic N) is 2. The summed E-state index contributed by atoms with van der Waals surface area (Å²) in [7, 11) is 0. The SMILES string of the molecule is Cc1cncc(-c2ccc3c(c2)[C@@]2(COC(N)=N2)c2cc(OCC(C)(C)C)ccc2O3)c1. The van der Waals surface area contributed by atoms with E-state index in [4.69, 9.17) is 24.9 Å². The Labute approximate surface area is 188 Å². The van der Waals surface area contributed by atoms with Crippen LogP contribution in [0.15, 0.2) is 59.9 Å². The van der Waals surface area contributed by atoms with Gasteiger partial charge in [0.25, 0.3) is 6.02 Å². The molecule has 2 aliphatic rings. The highest BCUT2D eigenvalue weighted by Gasteiger charge is 2.47. The molecule has 0 amide bonds. The van der Waals surface area contributed by atoms with Crippen molar-refractivity contribution in [2.45, 2.75) is 33.2 Å². The van der Waals surface area contributed by atoms with Gasteiger partial charge >= 0.3 is 0 Å². The number of aromatic nitrogens is 1.